The summed E-state index contributed by atoms with van der Waals surface area (Å²) in [6.45, 7) is 0. The summed E-state index contributed by atoms with van der Waals surface area (Å²) in [5.41, 5.74) is 0.841. The zero-order valence-electron chi connectivity index (χ0n) is 11.2. The summed E-state index contributed by atoms with van der Waals surface area (Å²) < 4.78 is 38.6. The van der Waals surface area contributed by atoms with E-state index in [2.05, 4.69) is 11.1 Å². The van der Waals surface area contributed by atoms with Crippen LogP contribution in [-0.2, 0) is 6.18 Å². The fourth-order valence-electron chi connectivity index (χ4n) is 2.40. The number of fused-ring (bicyclic) bond motifs is 1. The third-order valence-corrected chi connectivity index (χ3v) is 3.44. The van der Waals surface area contributed by atoms with Crippen LogP contribution in [0.4, 0.5) is 13.2 Å². The van der Waals surface area contributed by atoms with E-state index in [1.165, 1.54) is 6.07 Å². The first-order valence-electron chi connectivity index (χ1n) is 6.45. The second-order valence-electron chi connectivity index (χ2n) is 4.77. The van der Waals surface area contributed by atoms with Crippen LogP contribution in [0.25, 0.3) is 21.9 Å². The minimum atomic E-state index is -4.39. The van der Waals surface area contributed by atoms with Crippen molar-refractivity contribution in [2.24, 2.45) is 0 Å². The van der Waals surface area contributed by atoms with Crippen LogP contribution in [0, 0.1) is 11.3 Å². The molecule has 2 nitrogen and oxygen atoms in total. The molecule has 0 bridgehead atoms. The van der Waals surface area contributed by atoms with E-state index in [-0.39, 0.29) is 0 Å². The molecule has 108 valence electrons. The molecule has 0 fully saturated rings. The highest BCUT2D eigenvalue weighted by Crippen LogP contribution is 2.35. The Hall–Kier alpha value is -2.87. The van der Waals surface area contributed by atoms with E-state index in [9.17, 15) is 13.2 Å². The predicted octanol–water partition coefficient (Wildman–Crippen LogP) is 4.79. The predicted molar refractivity (Wildman–Crippen MR) is 76.9 cm³/mol. The van der Waals surface area contributed by atoms with Crippen molar-refractivity contribution < 1.29 is 13.2 Å². The lowest BCUT2D eigenvalue weighted by molar-refractivity contribution is -0.137. The molecule has 0 aliphatic carbocycles. The molecular weight excluding hydrogens is 289 g/mol. The van der Waals surface area contributed by atoms with E-state index in [0.717, 1.165) is 12.1 Å². The monoisotopic (exact) mass is 298 g/mol. The van der Waals surface area contributed by atoms with Crippen molar-refractivity contribution in [3.63, 3.8) is 0 Å². The van der Waals surface area contributed by atoms with Gasteiger partial charge >= 0.3 is 6.18 Å². The highest BCUT2D eigenvalue weighted by molar-refractivity contribution is 5.99. The molecule has 0 radical (unpaired) electrons. The molecule has 0 saturated carbocycles. The van der Waals surface area contributed by atoms with Crippen LogP contribution in [-0.4, -0.2) is 4.98 Å². The SMILES string of the molecule is N#Cc1ccc(-c2cccc(C(F)(F)F)c2)c2ccncc12. The molecule has 0 unspecified atom stereocenters. The van der Waals surface area contributed by atoms with E-state index in [1.54, 1.807) is 36.7 Å². The molecule has 0 aliphatic rings. The van der Waals surface area contributed by atoms with Crippen molar-refractivity contribution in [2.45, 2.75) is 6.18 Å². The number of halogens is 3. The van der Waals surface area contributed by atoms with E-state index in [1.807, 2.05) is 0 Å². The summed E-state index contributed by atoms with van der Waals surface area (Å²) in [7, 11) is 0. The Balaban J connectivity index is 2.26. The molecule has 3 rings (SSSR count). The Morgan fingerprint density at radius 2 is 1.82 bits per heavy atom. The molecule has 5 heteroatoms. The van der Waals surface area contributed by atoms with Crippen LogP contribution < -0.4 is 0 Å². The largest absolute Gasteiger partial charge is 0.416 e. The molecule has 1 heterocycles. The Bertz CT molecular complexity index is 892. The smallest absolute Gasteiger partial charge is 0.264 e. The molecule has 2 aromatic carbocycles. The number of alkyl halides is 3. The van der Waals surface area contributed by atoms with Gasteiger partial charge in [0.1, 0.15) is 0 Å². The topological polar surface area (TPSA) is 36.7 Å². The van der Waals surface area contributed by atoms with Crippen molar-refractivity contribution in [3.05, 3.63) is 66.0 Å². The molecule has 0 N–H and O–H groups in total. The summed E-state index contributed by atoms with van der Waals surface area (Å²) >= 11 is 0. The molecule has 0 spiro atoms. The number of rotatable bonds is 1. The average molecular weight is 298 g/mol. The molecule has 3 aromatic rings. The van der Waals surface area contributed by atoms with Crippen molar-refractivity contribution in [1.82, 2.24) is 4.98 Å². The third-order valence-electron chi connectivity index (χ3n) is 3.44. The minimum Gasteiger partial charge on any atom is -0.264 e. The van der Waals surface area contributed by atoms with Crippen LogP contribution >= 0.6 is 0 Å². The lowest BCUT2D eigenvalue weighted by Crippen LogP contribution is -2.04. The zero-order valence-corrected chi connectivity index (χ0v) is 11.2. The number of aromatic nitrogens is 1. The summed E-state index contributed by atoms with van der Waals surface area (Å²) in [4.78, 5) is 3.98. The van der Waals surface area contributed by atoms with Crippen LogP contribution in [0.2, 0.25) is 0 Å². The Kier molecular flexibility index (Phi) is 3.30. The van der Waals surface area contributed by atoms with Gasteiger partial charge in [-0.2, -0.15) is 18.4 Å². The number of benzene rings is 2. The van der Waals surface area contributed by atoms with Gasteiger partial charge in [0.2, 0.25) is 0 Å². The maximum absolute atomic E-state index is 12.9. The van der Waals surface area contributed by atoms with Gasteiger partial charge in [-0.1, -0.05) is 18.2 Å². The maximum atomic E-state index is 12.9. The highest BCUT2D eigenvalue weighted by Gasteiger charge is 2.30. The molecule has 0 aliphatic heterocycles. The summed E-state index contributed by atoms with van der Waals surface area (Å²) in [5.74, 6) is 0. The number of pyridine rings is 1. The lowest BCUT2D eigenvalue weighted by Gasteiger charge is -2.11. The standard InChI is InChI=1S/C17H9F3N2/c18-17(19,20)13-3-1-2-11(8-13)14-5-4-12(9-21)16-10-22-7-6-15(14)16/h1-8,10H. The number of nitrogens with zero attached hydrogens (tertiary/aromatic N) is 2. The maximum Gasteiger partial charge on any atom is 0.416 e. The van der Waals surface area contributed by atoms with Gasteiger partial charge in [-0.3, -0.25) is 4.98 Å². The molecule has 0 amide bonds. The number of hydrogen-bond donors (Lipinski definition) is 0. The molecule has 22 heavy (non-hydrogen) atoms. The quantitative estimate of drug-likeness (QED) is 0.647. The normalized spacial score (nSPS) is 11.4. The zero-order chi connectivity index (χ0) is 15.7. The highest BCUT2D eigenvalue weighted by atomic mass is 19.4. The lowest BCUT2D eigenvalue weighted by atomic mass is 9.95. The molecule has 0 atom stereocenters. The van der Waals surface area contributed by atoms with Crippen molar-refractivity contribution >= 4 is 10.8 Å². The fourth-order valence-corrected chi connectivity index (χ4v) is 2.40. The Morgan fingerprint density at radius 3 is 2.55 bits per heavy atom. The van der Waals surface area contributed by atoms with Gasteiger partial charge in [0.25, 0.3) is 0 Å². The van der Waals surface area contributed by atoms with Gasteiger partial charge in [-0.25, -0.2) is 0 Å². The van der Waals surface area contributed by atoms with Gasteiger partial charge in [0, 0.05) is 17.8 Å². The first kappa shape index (κ1) is 14.1. The average Bonchev–Trinajstić information content (AvgIpc) is 2.53. The molecule has 1 aromatic heterocycles. The van der Waals surface area contributed by atoms with E-state index in [4.69, 9.17) is 5.26 Å². The molecular formula is C17H9F3N2. The van der Waals surface area contributed by atoms with Crippen LogP contribution in [0.15, 0.2) is 54.9 Å². The second-order valence-corrected chi connectivity index (χ2v) is 4.77. The van der Waals surface area contributed by atoms with Crippen molar-refractivity contribution in [2.75, 3.05) is 0 Å². The molecule has 0 saturated heterocycles. The van der Waals surface area contributed by atoms with E-state index in [0.29, 0.717) is 27.5 Å². The van der Waals surface area contributed by atoms with E-state index < -0.39 is 11.7 Å². The first-order valence-corrected chi connectivity index (χ1v) is 6.45. The number of hydrogen-bond acceptors (Lipinski definition) is 2. The summed E-state index contributed by atoms with van der Waals surface area (Å²) in [6.07, 6.45) is -1.29. The van der Waals surface area contributed by atoms with Crippen molar-refractivity contribution in [1.29, 1.82) is 5.26 Å². The third kappa shape index (κ3) is 2.40. The van der Waals surface area contributed by atoms with Crippen molar-refractivity contribution in [3.8, 4) is 17.2 Å². The summed E-state index contributed by atoms with van der Waals surface area (Å²) in [6, 6.07) is 12.2. The van der Waals surface area contributed by atoms with Gasteiger partial charge in [-0.15, -0.1) is 0 Å². The van der Waals surface area contributed by atoms with Gasteiger partial charge in [-0.05, 0) is 40.8 Å². The van der Waals surface area contributed by atoms with Gasteiger partial charge in [0.05, 0.1) is 17.2 Å². The van der Waals surface area contributed by atoms with Gasteiger partial charge in [0.15, 0.2) is 0 Å². The summed E-state index contributed by atoms with van der Waals surface area (Å²) in [5, 5.41) is 10.4. The van der Waals surface area contributed by atoms with Crippen LogP contribution in [0.1, 0.15) is 11.1 Å². The van der Waals surface area contributed by atoms with Crippen LogP contribution in [0.5, 0.6) is 0 Å². The van der Waals surface area contributed by atoms with Gasteiger partial charge < -0.3 is 0 Å². The Labute approximate surface area is 124 Å². The number of nitriles is 1. The first-order chi connectivity index (χ1) is 10.5. The van der Waals surface area contributed by atoms with Crippen LogP contribution in [0.3, 0.4) is 0 Å². The fraction of sp³-hybridized carbons (Fsp3) is 0.0588. The Morgan fingerprint density at radius 1 is 1.00 bits per heavy atom. The second kappa shape index (κ2) is 5.15. The minimum absolute atomic E-state index is 0.443. The van der Waals surface area contributed by atoms with E-state index >= 15 is 0 Å².